The minimum absolute atomic E-state index is 0.0510. The van der Waals surface area contributed by atoms with E-state index in [0.717, 1.165) is 38.1 Å². The number of hydrogen-bond acceptors (Lipinski definition) is 6. The molecule has 1 N–H and O–H groups in total. The lowest BCUT2D eigenvalue weighted by Crippen LogP contribution is -2.53. The highest BCUT2D eigenvalue weighted by Gasteiger charge is 2.55. The van der Waals surface area contributed by atoms with Crippen LogP contribution in [-0.2, 0) is 6.18 Å². The molecule has 0 aromatic carbocycles. The van der Waals surface area contributed by atoms with Crippen LogP contribution in [0.1, 0.15) is 43.3 Å². The van der Waals surface area contributed by atoms with Gasteiger partial charge in [-0.3, -0.25) is 0 Å². The Morgan fingerprint density at radius 1 is 1.15 bits per heavy atom. The number of rotatable bonds is 4. The van der Waals surface area contributed by atoms with Gasteiger partial charge in [0.25, 0.3) is 0 Å². The third kappa shape index (κ3) is 3.23. The highest BCUT2D eigenvalue weighted by atomic mass is 19.4. The van der Waals surface area contributed by atoms with Gasteiger partial charge in [-0.1, -0.05) is 0 Å². The van der Waals surface area contributed by atoms with Gasteiger partial charge in [0.1, 0.15) is 6.10 Å². The molecule has 0 radical (unpaired) electrons. The van der Waals surface area contributed by atoms with Crippen molar-refractivity contribution in [2.75, 3.05) is 0 Å². The first-order chi connectivity index (χ1) is 12.3. The van der Waals surface area contributed by atoms with Crippen molar-refractivity contribution in [2.45, 2.75) is 44.1 Å². The van der Waals surface area contributed by atoms with Crippen LogP contribution in [0.3, 0.4) is 0 Å². The van der Waals surface area contributed by atoms with Gasteiger partial charge in [0, 0.05) is 6.20 Å². The lowest BCUT2D eigenvalue weighted by molar-refractivity contribution is -0.145. The third-order valence-electron chi connectivity index (χ3n) is 5.24. The van der Waals surface area contributed by atoms with E-state index in [1.165, 1.54) is 0 Å². The smallest absolute Gasteiger partial charge is 0.451 e. The quantitative estimate of drug-likeness (QED) is 0.896. The largest absolute Gasteiger partial charge is 0.487 e. The van der Waals surface area contributed by atoms with E-state index in [2.05, 4.69) is 20.2 Å². The van der Waals surface area contributed by atoms with Crippen molar-refractivity contribution in [2.24, 2.45) is 11.3 Å². The van der Waals surface area contributed by atoms with Gasteiger partial charge in [0.15, 0.2) is 5.75 Å². The fraction of sp³-hybridized carbons (Fsp3) is 0.529. The second kappa shape index (κ2) is 6.15. The number of aliphatic hydroxyl groups excluding tert-OH is 1. The molecule has 2 aliphatic carbocycles. The Kier molecular flexibility index (Phi) is 4.06. The maximum absolute atomic E-state index is 12.4. The molecule has 2 fully saturated rings. The molecule has 2 aromatic heterocycles. The van der Waals surface area contributed by atoms with Crippen molar-refractivity contribution in [3.63, 3.8) is 0 Å². The van der Waals surface area contributed by atoms with Crippen molar-refractivity contribution in [3.05, 3.63) is 42.2 Å². The Morgan fingerprint density at radius 3 is 2.42 bits per heavy atom. The van der Waals surface area contributed by atoms with Gasteiger partial charge >= 0.3 is 6.18 Å². The van der Waals surface area contributed by atoms with E-state index in [1.54, 1.807) is 18.3 Å². The van der Waals surface area contributed by atoms with Crippen LogP contribution in [0.15, 0.2) is 30.7 Å². The summed E-state index contributed by atoms with van der Waals surface area (Å²) in [5, 5.41) is 18.1. The number of nitrogens with zero attached hydrogens (tertiary/aromatic N) is 4. The molecule has 6 nitrogen and oxygen atoms in total. The number of aromatic nitrogens is 4. The maximum atomic E-state index is 12.4. The second-order valence-electron chi connectivity index (χ2n) is 7.15. The summed E-state index contributed by atoms with van der Waals surface area (Å²) in [4.78, 5) is 6.59. The Labute approximate surface area is 147 Å². The number of ether oxygens (including phenoxy) is 1. The van der Waals surface area contributed by atoms with E-state index in [1.807, 2.05) is 0 Å². The minimum atomic E-state index is -4.55. The Hall–Kier alpha value is -2.29. The van der Waals surface area contributed by atoms with Crippen LogP contribution in [-0.4, -0.2) is 31.4 Å². The van der Waals surface area contributed by atoms with Crippen LogP contribution in [0, 0.1) is 11.3 Å². The normalized spacial score (nSPS) is 28.9. The first-order valence-electron chi connectivity index (χ1n) is 8.36. The molecule has 9 heteroatoms. The number of halogens is 3. The van der Waals surface area contributed by atoms with Gasteiger partial charge in [0.2, 0.25) is 5.82 Å². The summed E-state index contributed by atoms with van der Waals surface area (Å²) in [6, 6.07) is 3.51. The van der Waals surface area contributed by atoms with Crippen LogP contribution >= 0.6 is 0 Å². The summed E-state index contributed by atoms with van der Waals surface area (Å²) < 4.78 is 43.0. The topological polar surface area (TPSA) is 81.0 Å². The minimum Gasteiger partial charge on any atom is -0.487 e. The van der Waals surface area contributed by atoms with Crippen molar-refractivity contribution in [3.8, 4) is 5.75 Å². The fourth-order valence-electron chi connectivity index (χ4n) is 4.03. The molecular weight excluding hydrogens is 349 g/mol. The third-order valence-corrected chi connectivity index (χ3v) is 5.24. The lowest BCUT2D eigenvalue weighted by atomic mass is 9.49. The van der Waals surface area contributed by atoms with Gasteiger partial charge in [-0.15, -0.1) is 0 Å². The van der Waals surface area contributed by atoms with Gasteiger partial charge in [-0.25, -0.2) is 9.97 Å². The van der Waals surface area contributed by atoms with Gasteiger partial charge in [-0.2, -0.15) is 23.4 Å². The van der Waals surface area contributed by atoms with E-state index in [4.69, 9.17) is 4.74 Å². The number of alkyl halides is 3. The maximum Gasteiger partial charge on any atom is 0.451 e. The van der Waals surface area contributed by atoms with Gasteiger partial charge < -0.3 is 9.84 Å². The van der Waals surface area contributed by atoms with Gasteiger partial charge in [0.05, 0.1) is 24.2 Å². The standard InChI is InChI=1S/C17H17F3N4O2/c18-17(19,20)15-21-8-12(9-22-15)26-11-6-16(7-11)4-10(5-16)14(25)13-2-1-3-23-24-13/h1-3,8-11,14,25H,4-7H2. The average molecular weight is 366 g/mol. The molecule has 2 heterocycles. The van der Waals surface area contributed by atoms with Crippen molar-refractivity contribution in [1.82, 2.24) is 20.2 Å². The van der Waals surface area contributed by atoms with Crippen LogP contribution in [0.4, 0.5) is 13.2 Å². The molecule has 1 unspecified atom stereocenters. The predicted molar refractivity (Wildman–Crippen MR) is 82.8 cm³/mol. The molecular formula is C17H17F3N4O2. The molecule has 1 atom stereocenters. The molecule has 2 saturated carbocycles. The van der Waals surface area contributed by atoms with Crippen LogP contribution in [0.2, 0.25) is 0 Å². The molecule has 0 bridgehead atoms. The van der Waals surface area contributed by atoms with E-state index < -0.39 is 18.1 Å². The number of aliphatic hydroxyl groups is 1. The zero-order valence-electron chi connectivity index (χ0n) is 13.7. The van der Waals surface area contributed by atoms with Crippen molar-refractivity contribution < 1.29 is 23.0 Å². The second-order valence-corrected chi connectivity index (χ2v) is 7.15. The highest BCUT2D eigenvalue weighted by Crippen LogP contribution is 2.61. The zero-order valence-corrected chi connectivity index (χ0v) is 13.7. The summed E-state index contributed by atoms with van der Waals surface area (Å²) in [5.41, 5.74) is 0.743. The summed E-state index contributed by atoms with van der Waals surface area (Å²) in [7, 11) is 0. The van der Waals surface area contributed by atoms with E-state index in [0.29, 0.717) is 5.69 Å². The summed E-state index contributed by atoms with van der Waals surface area (Å²) in [6.07, 6.45) is 1.87. The Bertz CT molecular complexity index is 756. The number of hydrogen-bond donors (Lipinski definition) is 1. The molecule has 138 valence electrons. The molecule has 4 rings (SSSR count). The van der Waals surface area contributed by atoms with E-state index in [-0.39, 0.29) is 23.2 Å². The van der Waals surface area contributed by atoms with E-state index >= 15 is 0 Å². The lowest BCUT2D eigenvalue weighted by Gasteiger charge is -2.58. The SMILES string of the molecule is OC(c1cccnn1)C1CC2(CC(Oc3cnc(C(F)(F)F)nc3)C2)C1. The Balaban J connectivity index is 1.26. The first kappa shape index (κ1) is 17.1. The zero-order chi connectivity index (χ0) is 18.4. The summed E-state index contributed by atoms with van der Waals surface area (Å²) in [6.45, 7) is 0. The Morgan fingerprint density at radius 2 is 1.85 bits per heavy atom. The first-order valence-corrected chi connectivity index (χ1v) is 8.36. The predicted octanol–water partition coefficient (Wildman–Crippen LogP) is 2.96. The molecule has 2 aromatic rings. The molecule has 26 heavy (non-hydrogen) atoms. The van der Waals surface area contributed by atoms with Crippen molar-refractivity contribution >= 4 is 0 Å². The molecule has 0 aliphatic heterocycles. The highest BCUT2D eigenvalue weighted by molar-refractivity contribution is 5.17. The van der Waals surface area contributed by atoms with Gasteiger partial charge in [-0.05, 0) is 49.1 Å². The summed E-state index contributed by atoms with van der Waals surface area (Å²) in [5.74, 6) is -0.773. The monoisotopic (exact) mass is 366 g/mol. The van der Waals surface area contributed by atoms with Crippen molar-refractivity contribution in [1.29, 1.82) is 0 Å². The average Bonchev–Trinajstić information content (AvgIpc) is 2.55. The molecule has 1 spiro atoms. The summed E-state index contributed by atoms with van der Waals surface area (Å²) >= 11 is 0. The van der Waals surface area contributed by atoms with Crippen LogP contribution in [0.25, 0.3) is 0 Å². The fourth-order valence-corrected chi connectivity index (χ4v) is 4.03. The molecule has 0 amide bonds. The molecule has 2 aliphatic rings. The van der Waals surface area contributed by atoms with Crippen LogP contribution in [0.5, 0.6) is 5.75 Å². The van der Waals surface area contributed by atoms with Crippen LogP contribution < -0.4 is 4.74 Å². The molecule has 0 saturated heterocycles. The van der Waals surface area contributed by atoms with E-state index in [9.17, 15) is 18.3 Å².